The van der Waals surface area contributed by atoms with E-state index in [0.717, 1.165) is 0 Å². The van der Waals surface area contributed by atoms with Gasteiger partial charge in [-0.2, -0.15) is 0 Å². The van der Waals surface area contributed by atoms with Gasteiger partial charge in [0.15, 0.2) is 0 Å². The second-order valence-corrected chi connectivity index (χ2v) is 10.00. The first-order valence-corrected chi connectivity index (χ1v) is 12.3. The fraction of sp³-hybridized carbons (Fsp3) is 0. The number of carbonyl (C=O) groups excluding carboxylic acids is 1. The van der Waals surface area contributed by atoms with Crippen LogP contribution in [0.4, 0.5) is 0 Å². The topological polar surface area (TPSA) is 118 Å². The van der Waals surface area contributed by atoms with Crippen LogP contribution in [0.2, 0.25) is 10.0 Å². The molecule has 0 saturated carbocycles. The van der Waals surface area contributed by atoms with Gasteiger partial charge in [-0.05, 0) is 60.7 Å². The highest BCUT2D eigenvalue weighted by atomic mass is 35.5. The fourth-order valence-corrected chi connectivity index (χ4v) is 4.72. The number of nitrogens with one attached hydrogen (secondary N) is 2. The minimum Gasteiger partial charge on any atom is -0.457 e. The zero-order valence-corrected chi connectivity index (χ0v) is 19.9. The first-order valence-electron chi connectivity index (χ1n) is 10.0. The number of aromatic amines is 1. The van der Waals surface area contributed by atoms with E-state index in [9.17, 15) is 18.0 Å². The lowest BCUT2D eigenvalue weighted by Gasteiger charge is -2.06. The molecule has 0 bridgehead atoms. The van der Waals surface area contributed by atoms with Crippen molar-refractivity contribution in [2.75, 3.05) is 0 Å². The number of aromatic nitrogens is 1. The second-order valence-electron chi connectivity index (χ2n) is 7.50. The second kappa shape index (κ2) is 8.77. The maximum atomic E-state index is 12.8. The van der Waals surface area contributed by atoms with Gasteiger partial charge in [0.25, 0.3) is 15.9 Å². The third kappa shape index (κ3) is 4.74. The molecule has 0 aliphatic carbocycles. The molecule has 2 N–H and O–H groups in total. The number of rotatable bonds is 5. The molecule has 0 aliphatic heterocycles. The molecule has 0 spiro atoms. The lowest BCUT2D eigenvalue weighted by atomic mass is 10.2. The van der Waals surface area contributed by atoms with E-state index >= 15 is 0 Å². The molecular formula is C24H14Cl2N2O6S. The molecule has 0 radical (unpaired) electrons. The fourth-order valence-electron chi connectivity index (χ4n) is 3.43. The molecule has 5 aromatic rings. The Morgan fingerprint density at radius 1 is 0.857 bits per heavy atom. The highest BCUT2D eigenvalue weighted by molar-refractivity contribution is 7.90. The first kappa shape index (κ1) is 23.0. The molecule has 8 nitrogen and oxygen atoms in total. The normalized spacial score (nSPS) is 11.6. The summed E-state index contributed by atoms with van der Waals surface area (Å²) in [6.45, 7) is 0. The third-order valence-electron chi connectivity index (χ3n) is 5.09. The summed E-state index contributed by atoms with van der Waals surface area (Å²) >= 11 is 11.9. The Morgan fingerprint density at radius 2 is 1.63 bits per heavy atom. The maximum absolute atomic E-state index is 12.8. The average molecular weight is 529 g/mol. The number of ether oxygens (including phenoxy) is 1. The smallest absolute Gasteiger partial charge is 0.336 e. The van der Waals surface area contributed by atoms with Gasteiger partial charge in [0.2, 0.25) is 0 Å². The number of halogens is 2. The minimum absolute atomic E-state index is 0.0436. The summed E-state index contributed by atoms with van der Waals surface area (Å²) in [7, 11) is -4.19. The molecule has 11 heteroatoms. The van der Waals surface area contributed by atoms with Crippen molar-refractivity contribution in [3.63, 3.8) is 0 Å². The summed E-state index contributed by atoms with van der Waals surface area (Å²) in [5.41, 5.74) is 0.333. The standard InChI is InChI=1S/C24H14Cl2N2O6S/c25-18-5-2-16(12-19(18)26)33-15-3-6-20-14(9-15)11-21(27-20)24(30)28-35(31,32)17-4-7-22-13(10-17)1-8-23(29)34-22/h1-12,27H,(H,28,30). The summed E-state index contributed by atoms with van der Waals surface area (Å²) in [5.74, 6) is 0.123. The van der Waals surface area contributed by atoms with Gasteiger partial charge in [0.05, 0.1) is 14.9 Å². The Labute approximate surface area is 208 Å². The summed E-state index contributed by atoms with van der Waals surface area (Å²) in [4.78, 5) is 26.8. The highest BCUT2D eigenvalue weighted by Crippen LogP contribution is 2.31. The number of H-pyrrole nitrogens is 1. The van der Waals surface area contributed by atoms with Gasteiger partial charge < -0.3 is 14.1 Å². The largest absolute Gasteiger partial charge is 0.457 e. The van der Waals surface area contributed by atoms with Gasteiger partial charge >= 0.3 is 5.63 Å². The third-order valence-corrected chi connectivity index (χ3v) is 7.16. The number of hydrogen-bond donors (Lipinski definition) is 2. The first-order chi connectivity index (χ1) is 16.7. The molecule has 0 fully saturated rings. The molecular weight excluding hydrogens is 515 g/mol. The van der Waals surface area contributed by atoms with Crippen LogP contribution in [0.15, 0.2) is 86.9 Å². The van der Waals surface area contributed by atoms with Gasteiger partial charge in [-0.3, -0.25) is 4.79 Å². The molecule has 2 aromatic heterocycles. The van der Waals surface area contributed by atoms with Gasteiger partial charge in [0, 0.05) is 28.4 Å². The average Bonchev–Trinajstić information content (AvgIpc) is 3.24. The molecule has 176 valence electrons. The Balaban J connectivity index is 1.37. The zero-order chi connectivity index (χ0) is 24.7. The number of amides is 1. The van der Waals surface area contributed by atoms with Crippen LogP contribution in [0.25, 0.3) is 21.9 Å². The molecule has 0 unspecified atom stereocenters. The molecule has 1 amide bonds. The van der Waals surface area contributed by atoms with Crippen molar-refractivity contribution in [2.45, 2.75) is 4.90 Å². The highest BCUT2D eigenvalue weighted by Gasteiger charge is 2.21. The SMILES string of the molecule is O=C(NS(=O)(=O)c1ccc2oc(=O)ccc2c1)c1cc2cc(Oc3ccc(Cl)c(Cl)c3)ccc2[nH]1. The molecule has 0 saturated heterocycles. The number of fused-ring (bicyclic) bond motifs is 2. The van der Waals surface area contributed by atoms with Crippen LogP contribution < -0.4 is 15.1 Å². The van der Waals surface area contributed by atoms with E-state index in [0.29, 0.717) is 37.8 Å². The number of carbonyl (C=O) groups is 1. The van der Waals surface area contributed by atoms with E-state index in [-0.39, 0.29) is 16.2 Å². The van der Waals surface area contributed by atoms with E-state index in [1.807, 2.05) is 4.72 Å². The van der Waals surface area contributed by atoms with Gasteiger partial charge in [-0.1, -0.05) is 23.2 Å². The Morgan fingerprint density at radius 3 is 2.43 bits per heavy atom. The zero-order valence-electron chi connectivity index (χ0n) is 17.5. The van der Waals surface area contributed by atoms with Crippen molar-refractivity contribution in [2.24, 2.45) is 0 Å². The van der Waals surface area contributed by atoms with Crippen LogP contribution in [-0.4, -0.2) is 19.3 Å². The van der Waals surface area contributed by atoms with Crippen molar-refractivity contribution < 1.29 is 22.4 Å². The molecule has 2 heterocycles. The molecule has 35 heavy (non-hydrogen) atoms. The van der Waals surface area contributed by atoms with Crippen LogP contribution >= 0.6 is 23.2 Å². The molecule has 0 aliphatic rings. The van der Waals surface area contributed by atoms with Crippen molar-refractivity contribution in [1.29, 1.82) is 0 Å². The predicted octanol–water partition coefficient (Wildman–Crippen LogP) is 5.49. The Bertz CT molecular complexity index is 1790. The van der Waals surface area contributed by atoms with Crippen molar-refractivity contribution in [1.82, 2.24) is 9.71 Å². The molecule has 0 atom stereocenters. The molecule has 3 aromatic carbocycles. The minimum atomic E-state index is -4.19. The number of sulfonamides is 1. The Hall–Kier alpha value is -3.79. The lowest BCUT2D eigenvalue weighted by molar-refractivity contribution is 0.0977. The van der Waals surface area contributed by atoms with Crippen LogP contribution in [0.3, 0.4) is 0 Å². The van der Waals surface area contributed by atoms with Crippen LogP contribution in [0, 0.1) is 0 Å². The molecule has 5 rings (SSSR count). The van der Waals surface area contributed by atoms with E-state index in [1.54, 1.807) is 36.4 Å². The number of benzene rings is 3. The Kier molecular flexibility index (Phi) is 5.76. The lowest BCUT2D eigenvalue weighted by Crippen LogP contribution is -2.30. The summed E-state index contributed by atoms with van der Waals surface area (Å²) in [5, 5.41) is 1.79. The predicted molar refractivity (Wildman–Crippen MR) is 132 cm³/mol. The van der Waals surface area contributed by atoms with E-state index < -0.39 is 21.6 Å². The summed E-state index contributed by atoms with van der Waals surface area (Å²) < 4.78 is 38.4. The van der Waals surface area contributed by atoms with E-state index in [1.165, 1.54) is 36.4 Å². The maximum Gasteiger partial charge on any atom is 0.336 e. The van der Waals surface area contributed by atoms with Crippen molar-refractivity contribution in [3.8, 4) is 11.5 Å². The summed E-state index contributed by atoms with van der Waals surface area (Å²) in [6.07, 6.45) is 0. The quantitative estimate of drug-likeness (QED) is 0.291. The van der Waals surface area contributed by atoms with Gasteiger partial charge in [0.1, 0.15) is 22.8 Å². The van der Waals surface area contributed by atoms with Crippen LogP contribution in [0.5, 0.6) is 11.5 Å². The van der Waals surface area contributed by atoms with E-state index in [4.69, 9.17) is 32.4 Å². The van der Waals surface area contributed by atoms with Crippen molar-refractivity contribution >= 4 is 61.0 Å². The monoisotopic (exact) mass is 528 g/mol. The van der Waals surface area contributed by atoms with Gasteiger partial charge in [-0.25, -0.2) is 17.9 Å². The van der Waals surface area contributed by atoms with Crippen LogP contribution in [-0.2, 0) is 10.0 Å². The summed E-state index contributed by atoms with van der Waals surface area (Å²) in [6, 6.07) is 18.0. The number of hydrogen-bond acceptors (Lipinski definition) is 6. The van der Waals surface area contributed by atoms with Gasteiger partial charge in [-0.15, -0.1) is 0 Å². The van der Waals surface area contributed by atoms with Crippen molar-refractivity contribution in [3.05, 3.63) is 99.0 Å². The van der Waals surface area contributed by atoms with E-state index in [2.05, 4.69) is 4.98 Å². The van der Waals surface area contributed by atoms with Crippen LogP contribution in [0.1, 0.15) is 10.5 Å².